The van der Waals surface area contributed by atoms with Gasteiger partial charge in [0.05, 0.1) is 5.88 Å². The van der Waals surface area contributed by atoms with E-state index in [0.29, 0.717) is 6.04 Å². The third-order valence-electron chi connectivity index (χ3n) is 3.00. The molecule has 1 aliphatic rings. The van der Waals surface area contributed by atoms with Crippen molar-refractivity contribution in [1.29, 1.82) is 0 Å². The zero-order valence-electron chi connectivity index (χ0n) is 10.2. The summed E-state index contributed by atoms with van der Waals surface area (Å²) in [7, 11) is 0. The van der Waals surface area contributed by atoms with Crippen LogP contribution in [0.4, 0.5) is 5.69 Å². The van der Waals surface area contributed by atoms with E-state index in [1.165, 1.54) is 0 Å². The van der Waals surface area contributed by atoms with Gasteiger partial charge in [-0.15, -0.1) is 11.8 Å². The van der Waals surface area contributed by atoms with Crippen LogP contribution in [0.3, 0.4) is 0 Å². The number of hydrogen-bond acceptors (Lipinski definition) is 4. The molecule has 0 spiro atoms. The Hall–Kier alpha value is -1.00. The van der Waals surface area contributed by atoms with E-state index in [-0.39, 0.29) is 6.17 Å². The Morgan fingerprint density at radius 1 is 1.29 bits per heavy atom. The number of nitrogens with zero attached hydrogens (tertiary/aromatic N) is 2. The molecule has 0 aromatic heterocycles. The summed E-state index contributed by atoms with van der Waals surface area (Å²) < 4.78 is 0. The molecule has 0 amide bonds. The van der Waals surface area contributed by atoms with Gasteiger partial charge in [0.2, 0.25) is 0 Å². The molecule has 1 aliphatic heterocycles. The molecule has 2 rings (SSSR count). The number of thioether (sulfide) groups is 1. The summed E-state index contributed by atoms with van der Waals surface area (Å²) in [6.07, 6.45) is 0.908. The lowest BCUT2D eigenvalue weighted by molar-refractivity contribution is -0.112. The number of para-hydroxylation sites is 1. The van der Waals surface area contributed by atoms with Gasteiger partial charge >= 0.3 is 0 Å². The molecule has 0 saturated carbocycles. The number of benzene rings is 1. The summed E-state index contributed by atoms with van der Waals surface area (Å²) in [5.74, 6) is 1.79. The second-order valence-corrected chi connectivity index (χ2v) is 5.35. The average Bonchev–Trinajstić information content (AvgIpc) is 2.38. The molecule has 1 aromatic rings. The van der Waals surface area contributed by atoms with Crippen LogP contribution in [-0.2, 0) is 4.79 Å². The zero-order chi connectivity index (χ0) is 12.3. The Bertz CT molecular complexity index is 369. The van der Waals surface area contributed by atoms with E-state index in [1.807, 2.05) is 30.0 Å². The second-order valence-electron chi connectivity index (χ2n) is 4.43. The molecule has 92 valence electrons. The van der Waals surface area contributed by atoms with E-state index in [4.69, 9.17) is 0 Å². The maximum absolute atomic E-state index is 11.4. The van der Waals surface area contributed by atoms with Crippen molar-refractivity contribution in [3.8, 4) is 0 Å². The van der Waals surface area contributed by atoms with Gasteiger partial charge in [0.1, 0.15) is 6.17 Å². The molecule has 0 radical (unpaired) electrons. The highest BCUT2D eigenvalue weighted by atomic mass is 32.2. The fourth-order valence-corrected chi connectivity index (χ4v) is 3.27. The summed E-state index contributed by atoms with van der Waals surface area (Å²) >= 11 is 1.85. The molecular formula is C13H18N2OS. The maximum Gasteiger partial charge on any atom is 0.157 e. The molecule has 1 aromatic carbocycles. The summed E-state index contributed by atoms with van der Waals surface area (Å²) in [4.78, 5) is 15.7. The predicted molar refractivity (Wildman–Crippen MR) is 73.1 cm³/mol. The SMILES string of the molecule is CC(C)N1CSCN(c2ccccc2)C1C=O. The first-order valence-corrected chi connectivity index (χ1v) is 7.00. The first-order chi connectivity index (χ1) is 8.24. The summed E-state index contributed by atoms with van der Waals surface area (Å²) in [5.41, 5.74) is 1.11. The molecule has 1 unspecified atom stereocenters. The Morgan fingerprint density at radius 3 is 2.59 bits per heavy atom. The van der Waals surface area contributed by atoms with Crippen LogP contribution in [0.2, 0.25) is 0 Å². The number of hydrogen-bond donors (Lipinski definition) is 0. The van der Waals surface area contributed by atoms with Crippen LogP contribution < -0.4 is 4.90 Å². The van der Waals surface area contributed by atoms with Crippen molar-refractivity contribution in [1.82, 2.24) is 4.90 Å². The Kier molecular flexibility index (Phi) is 4.07. The number of rotatable bonds is 3. The lowest BCUT2D eigenvalue weighted by Gasteiger charge is -2.43. The van der Waals surface area contributed by atoms with E-state index >= 15 is 0 Å². The molecule has 3 nitrogen and oxygen atoms in total. The lowest BCUT2D eigenvalue weighted by atomic mass is 10.2. The first-order valence-electron chi connectivity index (χ1n) is 5.84. The van der Waals surface area contributed by atoms with Crippen molar-refractivity contribution < 1.29 is 4.79 Å². The zero-order valence-corrected chi connectivity index (χ0v) is 11.1. The first kappa shape index (κ1) is 12.5. The van der Waals surface area contributed by atoms with E-state index in [2.05, 4.69) is 35.8 Å². The van der Waals surface area contributed by atoms with E-state index in [9.17, 15) is 4.79 Å². The highest BCUT2D eigenvalue weighted by molar-refractivity contribution is 7.99. The van der Waals surface area contributed by atoms with Crippen molar-refractivity contribution in [2.24, 2.45) is 0 Å². The van der Waals surface area contributed by atoms with Crippen LogP contribution in [0.15, 0.2) is 30.3 Å². The van der Waals surface area contributed by atoms with Crippen LogP contribution in [0, 0.1) is 0 Å². The normalized spacial score (nSPS) is 21.8. The van der Waals surface area contributed by atoms with Crippen LogP contribution >= 0.6 is 11.8 Å². The minimum atomic E-state index is -0.140. The average molecular weight is 250 g/mol. The number of carbonyl (C=O) groups excluding carboxylic acids is 1. The third kappa shape index (κ3) is 2.64. The molecule has 1 fully saturated rings. The molecule has 0 aliphatic carbocycles. The molecule has 1 heterocycles. The second kappa shape index (κ2) is 5.56. The van der Waals surface area contributed by atoms with Crippen molar-refractivity contribution in [2.45, 2.75) is 26.1 Å². The van der Waals surface area contributed by atoms with Crippen molar-refractivity contribution in [3.63, 3.8) is 0 Å². The van der Waals surface area contributed by atoms with Crippen LogP contribution in [-0.4, -0.2) is 35.1 Å². The van der Waals surface area contributed by atoms with Gasteiger partial charge in [-0.3, -0.25) is 9.69 Å². The number of aldehydes is 1. The maximum atomic E-state index is 11.4. The summed E-state index contributed by atoms with van der Waals surface area (Å²) in [5, 5.41) is 0. The summed E-state index contributed by atoms with van der Waals surface area (Å²) in [6, 6.07) is 10.5. The largest absolute Gasteiger partial charge is 0.340 e. The number of carbonyl (C=O) groups is 1. The van der Waals surface area contributed by atoms with Gasteiger partial charge in [0.15, 0.2) is 6.29 Å². The predicted octanol–water partition coefficient (Wildman–Crippen LogP) is 2.39. The Balaban J connectivity index is 2.24. The van der Waals surface area contributed by atoms with Gasteiger partial charge in [0, 0.05) is 17.6 Å². The lowest BCUT2D eigenvalue weighted by Crippen LogP contribution is -2.55. The Morgan fingerprint density at radius 2 is 2.00 bits per heavy atom. The monoisotopic (exact) mass is 250 g/mol. The minimum absolute atomic E-state index is 0.140. The highest BCUT2D eigenvalue weighted by Crippen LogP contribution is 2.27. The van der Waals surface area contributed by atoms with Crippen molar-refractivity contribution >= 4 is 23.7 Å². The van der Waals surface area contributed by atoms with Gasteiger partial charge in [-0.05, 0) is 26.0 Å². The topological polar surface area (TPSA) is 23.6 Å². The number of anilines is 1. The molecule has 0 bridgehead atoms. The molecule has 4 heteroatoms. The van der Waals surface area contributed by atoms with Crippen LogP contribution in [0.1, 0.15) is 13.8 Å². The van der Waals surface area contributed by atoms with E-state index < -0.39 is 0 Å². The van der Waals surface area contributed by atoms with E-state index in [0.717, 1.165) is 23.7 Å². The fourth-order valence-electron chi connectivity index (χ4n) is 2.03. The van der Waals surface area contributed by atoms with Gasteiger partial charge in [-0.1, -0.05) is 18.2 Å². The molecular weight excluding hydrogens is 232 g/mol. The van der Waals surface area contributed by atoms with Gasteiger partial charge in [-0.2, -0.15) is 0 Å². The van der Waals surface area contributed by atoms with E-state index in [1.54, 1.807) is 0 Å². The highest BCUT2D eigenvalue weighted by Gasteiger charge is 2.30. The standard InChI is InChI=1S/C13H18N2OS/c1-11(2)14-9-17-10-15(13(14)8-16)12-6-4-3-5-7-12/h3-8,11,13H,9-10H2,1-2H3. The fraction of sp³-hybridized carbons (Fsp3) is 0.462. The van der Waals surface area contributed by atoms with Gasteiger partial charge in [-0.25, -0.2) is 0 Å². The summed E-state index contributed by atoms with van der Waals surface area (Å²) in [6.45, 7) is 4.26. The molecule has 1 atom stereocenters. The molecule has 1 saturated heterocycles. The minimum Gasteiger partial charge on any atom is -0.340 e. The Labute approximate surface area is 107 Å². The quantitative estimate of drug-likeness (QED) is 0.769. The van der Waals surface area contributed by atoms with Crippen molar-refractivity contribution in [2.75, 3.05) is 16.7 Å². The van der Waals surface area contributed by atoms with Gasteiger partial charge < -0.3 is 4.90 Å². The van der Waals surface area contributed by atoms with Crippen molar-refractivity contribution in [3.05, 3.63) is 30.3 Å². The third-order valence-corrected chi connectivity index (χ3v) is 3.94. The van der Waals surface area contributed by atoms with Crippen LogP contribution in [0.5, 0.6) is 0 Å². The molecule has 17 heavy (non-hydrogen) atoms. The van der Waals surface area contributed by atoms with Crippen LogP contribution in [0.25, 0.3) is 0 Å². The van der Waals surface area contributed by atoms with Gasteiger partial charge in [0.25, 0.3) is 0 Å². The smallest absolute Gasteiger partial charge is 0.157 e. The molecule has 0 N–H and O–H groups in total.